The third kappa shape index (κ3) is 22.9. The molecule has 0 heterocycles. The summed E-state index contributed by atoms with van der Waals surface area (Å²) in [6, 6.07) is 51.3. The van der Waals surface area contributed by atoms with Gasteiger partial charge in [0.05, 0.1) is 46.6 Å². The highest BCUT2D eigenvalue weighted by Gasteiger charge is 2.18. The molecule has 14 heteroatoms. The fourth-order valence-electron chi connectivity index (χ4n) is 10.1. The fourth-order valence-corrected chi connectivity index (χ4v) is 10.1. The second-order valence-corrected chi connectivity index (χ2v) is 22.6. The summed E-state index contributed by atoms with van der Waals surface area (Å²) in [4.78, 5) is 78.5. The van der Waals surface area contributed by atoms with Gasteiger partial charge < -0.3 is 37.9 Å². The number of ether oxygens (including phenoxy) is 8. The molecule has 0 fully saturated rings. The highest BCUT2D eigenvalue weighted by Crippen LogP contribution is 2.28. The van der Waals surface area contributed by atoms with E-state index in [0.29, 0.717) is 35.8 Å². The molecule has 0 saturated heterocycles. The van der Waals surface area contributed by atoms with E-state index in [1.54, 1.807) is 121 Å². The smallest absolute Gasteiger partial charge is 0.343 e. The molecule has 0 aliphatic rings. The molecule has 0 aliphatic heterocycles. The number of carbonyl (C=O) groups is 6. The summed E-state index contributed by atoms with van der Waals surface area (Å²) in [5.41, 5.74) is 2.99. The molecule has 14 nitrogen and oxygen atoms in total. The van der Waals surface area contributed by atoms with Crippen molar-refractivity contribution >= 4 is 35.8 Å². The number of benzene rings is 8. The zero-order valence-electron chi connectivity index (χ0n) is 52.7. The van der Waals surface area contributed by atoms with E-state index < -0.39 is 35.8 Å². The number of hydrogen-bond donors (Lipinski definition) is 0. The van der Waals surface area contributed by atoms with Gasteiger partial charge in [-0.2, -0.15) is 0 Å². The van der Waals surface area contributed by atoms with E-state index in [2.05, 4.69) is 13.8 Å². The topological polar surface area (TPSA) is 176 Å². The minimum atomic E-state index is -0.684. The molecule has 0 radical (unpaired) electrons. The van der Waals surface area contributed by atoms with Crippen LogP contribution in [0.25, 0.3) is 11.1 Å². The summed E-state index contributed by atoms with van der Waals surface area (Å²) < 4.78 is 45.3. The first-order valence-corrected chi connectivity index (χ1v) is 32.4. The maximum atomic E-state index is 13.2. The monoisotopic (exact) mass is 1240 g/mol. The highest BCUT2D eigenvalue weighted by atomic mass is 16.6. The molecule has 0 spiro atoms. The Kier molecular flexibility index (Phi) is 27.7. The number of carbonyl (C=O) groups excluding carboxylic acids is 6. The van der Waals surface area contributed by atoms with E-state index in [0.717, 1.165) is 36.8 Å². The van der Waals surface area contributed by atoms with E-state index in [-0.39, 0.29) is 56.8 Å². The van der Waals surface area contributed by atoms with Gasteiger partial charge in [-0.3, -0.25) is 0 Å². The van der Waals surface area contributed by atoms with Crippen LogP contribution in [-0.4, -0.2) is 49.0 Å². The number of hydrogen-bond acceptors (Lipinski definition) is 14. The highest BCUT2D eigenvalue weighted by molar-refractivity contribution is 5.96. The minimum Gasteiger partial charge on any atom is -0.494 e. The van der Waals surface area contributed by atoms with Crippen molar-refractivity contribution in [3.63, 3.8) is 0 Å². The van der Waals surface area contributed by atoms with Crippen LogP contribution in [0.5, 0.6) is 46.0 Å². The van der Waals surface area contributed by atoms with E-state index in [4.69, 9.17) is 37.9 Å². The van der Waals surface area contributed by atoms with Crippen LogP contribution in [0.4, 0.5) is 0 Å². The molecule has 0 saturated carbocycles. The van der Waals surface area contributed by atoms with E-state index >= 15 is 0 Å². The van der Waals surface area contributed by atoms with Gasteiger partial charge in [0.15, 0.2) is 0 Å². The summed E-state index contributed by atoms with van der Waals surface area (Å²) in [5.74, 6) is -1.16. The Morgan fingerprint density at radius 1 is 0.228 bits per heavy atom. The molecule has 8 aromatic rings. The Hall–Kier alpha value is -9.82. The van der Waals surface area contributed by atoms with Gasteiger partial charge in [-0.05, 0) is 182 Å². The van der Waals surface area contributed by atoms with Crippen molar-refractivity contribution in [2.24, 2.45) is 0 Å². The summed E-state index contributed by atoms with van der Waals surface area (Å²) in [5, 5.41) is 0. The van der Waals surface area contributed by atoms with Gasteiger partial charge in [-0.25, -0.2) is 28.8 Å². The van der Waals surface area contributed by atoms with Gasteiger partial charge >= 0.3 is 35.8 Å². The van der Waals surface area contributed by atoms with Crippen LogP contribution in [0, 0.1) is 0 Å². The molecular formula is C78H82O14. The maximum absolute atomic E-state index is 13.2. The maximum Gasteiger partial charge on any atom is 0.343 e. The van der Waals surface area contributed by atoms with Crippen LogP contribution in [0.3, 0.4) is 0 Å². The lowest BCUT2D eigenvalue weighted by Gasteiger charge is -2.10. The number of unbranched alkanes of at least 4 members (excludes halogenated alkanes) is 18. The lowest BCUT2D eigenvalue weighted by Crippen LogP contribution is -2.12. The molecule has 8 rings (SSSR count). The Balaban J connectivity index is 0.717. The molecule has 0 aromatic heterocycles. The van der Waals surface area contributed by atoms with Crippen molar-refractivity contribution in [3.05, 3.63) is 228 Å². The van der Waals surface area contributed by atoms with Crippen LogP contribution in [0.1, 0.15) is 204 Å². The summed E-state index contributed by atoms with van der Waals surface area (Å²) in [6.07, 6.45) is 25.0. The molecule has 0 amide bonds. The summed E-state index contributed by atoms with van der Waals surface area (Å²) >= 11 is 0. The van der Waals surface area contributed by atoms with Crippen molar-refractivity contribution in [1.82, 2.24) is 0 Å². The van der Waals surface area contributed by atoms with E-state index in [1.807, 2.05) is 0 Å². The fraction of sp³-hybridized carbons (Fsp3) is 0.308. The van der Waals surface area contributed by atoms with Crippen LogP contribution >= 0.6 is 0 Å². The zero-order chi connectivity index (χ0) is 64.5. The Morgan fingerprint density at radius 3 is 0.739 bits per heavy atom. The minimum absolute atomic E-state index is 0.121. The third-order valence-corrected chi connectivity index (χ3v) is 15.3. The van der Waals surface area contributed by atoms with Gasteiger partial charge in [-0.15, -0.1) is 0 Å². The largest absolute Gasteiger partial charge is 0.494 e. The predicted molar refractivity (Wildman–Crippen MR) is 355 cm³/mol. The third-order valence-electron chi connectivity index (χ3n) is 15.3. The molecule has 0 unspecified atom stereocenters. The van der Waals surface area contributed by atoms with Gasteiger partial charge in [-0.1, -0.05) is 166 Å². The first-order valence-electron chi connectivity index (χ1n) is 32.4. The summed E-state index contributed by atoms with van der Waals surface area (Å²) in [7, 11) is 0. The van der Waals surface area contributed by atoms with Crippen LogP contribution in [0.15, 0.2) is 194 Å². The Morgan fingerprint density at radius 2 is 0.457 bits per heavy atom. The molecule has 0 atom stereocenters. The van der Waals surface area contributed by atoms with E-state index in [1.165, 1.54) is 176 Å². The van der Waals surface area contributed by atoms with Crippen molar-refractivity contribution in [2.45, 2.75) is 142 Å². The number of esters is 6. The normalized spacial score (nSPS) is 10.8. The van der Waals surface area contributed by atoms with Gasteiger partial charge in [0.25, 0.3) is 0 Å². The SMILES string of the molecule is CCCCCCCCCCCCOc1ccc(C(=O)Oc2ccc(C(=O)Oc3cccc(C(=O)Oc4ccc(-c5ccc(OC(=O)c6cccc(OC(=O)c7ccc(OC(=O)c8ccc(OCCCCCCCCCCCC)cc8)cc7)c6)cc5)cc4)c3)cc2)cc1. The molecule has 0 bridgehead atoms. The van der Waals surface area contributed by atoms with Crippen molar-refractivity contribution in [2.75, 3.05) is 13.2 Å². The standard InChI is InChI=1S/C78H82O14/c1-3-5-7-9-11-13-15-17-19-21-53-85-65-41-33-59(34-42-65)73(79)87-69-49-37-61(38-50-69)75(81)91-71-27-23-25-63(55-71)77(83)89-67-45-29-57(30-46-67)58-31-47-68(48-32-58)90-78(84)64-26-24-28-72(56-64)92-76(82)62-39-51-70(52-40-62)88-74(80)60-35-43-66(44-36-60)86-54-22-20-18-16-14-12-10-8-6-4-2/h23-52,55-56H,3-22,53-54H2,1-2H3. The van der Waals surface area contributed by atoms with Crippen molar-refractivity contribution in [1.29, 1.82) is 0 Å². The van der Waals surface area contributed by atoms with Gasteiger partial charge in [0.2, 0.25) is 0 Å². The molecule has 0 N–H and O–H groups in total. The Labute approximate surface area is 540 Å². The first kappa shape index (κ1) is 68.1. The average Bonchev–Trinajstić information content (AvgIpc) is 1.19. The van der Waals surface area contributed by atoms with Crippen LogP contribution in [0.2, 0.25) is 0 Å². The van der Waals surface area contributed by atoms with Crippen LogP contribution < -0.4 is 37.9 Å². The molecule has 92 heavy (non-hydrogen) atoms. The zero-order valence-corrected chi connectivity index (χ0v) is 52.7. The quantitative estimate of drug-likeness (QED) is 0.0204. The van der Waals surface area contributed by atoms with Gasteiger partial charge in [0, 0.05) is 0 Å². The van der Waals surface area contributed by atoms with E-state index in [9.17, 15) is 28.8 Å². The Bertz CT molecular complexity index is 3360. The lowest BCUT2D eigenvalue weighted by atomic mass is 10.1. The molecule has 478 valence electrons. The average molecular weight is 1240 g/mol. The number of rotatable bonds is 37. The first-order chi connectivity index (χ1) is 45.0. The van der Waals surface area contributed by atoms with Gasteiger partial charge in [0.1, 0.15) is 46.0 Å². The van der Waals surface area contributed by atoms with Crippen molar-refractivity contribution in [3.8, 4) is 57.1 Å². The lowest BCUT2D eigenvalue weighted by molar-refractivity contribution is 0.0713. The summed E-state index contributed by atoms with van der Waals surface area (Å²) in [6.45, 7) is 5.73. The molecule has 8 aromatic carbocycles. The second kappa shape index (κ2) is 37.4. The van der Waals surface area contributed by atoms with Crippen molar-refractivity contribution < 1.29 is 66.7 Å². The molecular weight excluding hydrogens is 1160 g/mol. The predicted octanol–water partition coefficient (Wildman–Crippen LogP) is 19.3. The second-order valence-electron chi connectivity index (χ2n) is 22.6. The van der Waals surface area contributed by atoms with Crippen LogP contribution in [-0.2, 0) is 0 Å². The molecule has 0 aliphatic carbocycles.